The predicted octanol–water partition coefficient (Wildman–Crippen LogP) is 3.20. The maximum Gasteiger partial charge on any atom is 0.325 e. The minimum atomic E-state index is -0.811. The highest BCUT2D eigenvalue weighted by Gasteiger charge is 2.52. The normalized spacial score (nSPS) is 26.0. The third-order valence-electron chi connectivity index (χ3n) is 5.07. The number of nitrogens with zero attached hydrogens (tertiary/aromatic N) is 1. The van der Waals surface area contributed by atoms with E-state index >= 15 is 0 Å². The zero-order valence-corrected chi connectivity index (χ0v) is 16.0. The van der Waals surface area contributed by atoms with Crippen molar-refractivity contribution in [1.29, 1.82) is 0 Å². The van der Waals surface area contributed by atoms with Crippen LogP contribution in [-0.4, -0.2) is 34.8 Å². The first-order valence-electron chi connectivity index (χ1n) is 8.51. The molecule has 1 aliphatic carbocycles. The summed E-state index contributed by atoms with van der Waals surface area (Å²) in [6, 6.07) is 5.08. The first-order chi connectivity index (χ1) is 11.8. The fraction of sp³-hybridized carbons (Fsp3) is 0.500. The molecule has 0 bridgehead atoms. The molecule has 1 saturated heterocycles. The Kier molecular flexibility index (Phi) is 4.86. The molecule has 3 rings (SSSR count). The molecule has 0 atom stereocenters. The molecule has 7 heteroatoms. The van der Waals surface area contributed by atoms with E-state index in [0.717, 1.165) is 27.8 Å². The Morgan fingerprint density at radius 1 is 1.36 bits per heavy atom. The van der Waals surface area contributed by atoms with Gasteiger partial charge in [-0.05, 0) is 72.2 Å². The average molecular weight is 408 g/mol. The lowest BCUT2D eigenvalue weighted by Gasteiger charge is -2.33. The summed E-state index contributed by atoms with van der Waals surface area (Å²) in [5.74, 6) is -0.108. The van der Waals surface area contributed by atoms with E-state index in [1.807, 2.05) is 19.1 Å². The summed E-state index contributed by atoms with van der Waals surface area (Å²) in [5, 5.41) is 5.57. The van der Waals surface area contributed by atoms with Crippen LogP contribution in [0.2, 0.25) is 0 Å². The fourth-order valence-electron chi connectivity index (χ4n) is 3.47. The molecule has 1 saturated carbocycles. The second-order valence-electron chi connectivity index (χ2n) is 7.12. The van der Waals surface area contributed by atoms with Crippen molar-refractivity contribution in [3.05, 3.63) is 28.2 Å². The number of rotatable bonds is 3. The van der Waals surface area contributed by atoms with Crippen molar-refractivity contribution in [2.24, 2.45) is 5.92 Å². The molecular weight excluding hydrogens is 386 g/mol. The number of nitrogens with one attached hydrogen (secondary N) is 2. The highest BCUT2D eigenvalue weighted by atomic mass is 79.9. The van der Waals surface area contributed by atoms with Gasteiger partial charge < -0.3 is 10.6 Å². The standard InChI is InChI=1S/C18H22BrN3O3/c1-11-5-7-18(8-6-11)16(24)22(17(25)21-18)10-15(23)20-14-4-3-12(2)9-13(14)19/h3-4,9,11H,5-8,10H2,1-2H3,(H,20,23)(H,21,25). The third-order valence-corrected chi connectivity index (χ3v) is 5.73. The van der Waals surface area contributed by atoms with Crippen molar-refractivity contribution in [1.82, 2.24) is 10.2 Å². The highest BCUT2D eigenvalue weighted by molar-refractivity contribution is 9.10. The van der Waals surface area contributed by atoms with Crippen LogP contribution in [0.5, 0.6) is 0 Å². The topological polar surface area (TPSA) is 78.5 Å². The van der Waals surface area contributed by atoms with E-state index in [0.29, 0.717) is 24.4 Å². The molecule has 4 amide bonds. The molecule has 2 fully saturated rings. The van der Waals surface area contributed by atoms with Gasteiger partial charge in [0.25, 0.3) is 5.91 Å². The lowest BCUT2D eigenvalue weighted by molar-refractivity contribution is -0.135. The highest BCUT2D eigenvalue weighted by Crippen LogP contribution is 2.36. The third kappa shape index (κ3) is 3.56. The molecule has 0 radical (unpaired) electrons. The molecule has 1 aliphatic heterocycles. The van der Waals surface area contributed by atoms with Crippen LogP contribution in [0.25, 0.3) is 0 Å². The predicted molar refractivity (Wildman–Crippen MR) is 98.1 cm³/mol. The first kappa shape index (κ1) is 17.9. The molecular formula is C18H22BrN3O3. The zero-order chi connectivity index (χ0) is 18.2. The van der Waals surface area contributed by atoms with Gasteiger partial charge in [0.05, 0.1) is 5.69 Å². The molecule has 6 nitrogen and oxygen atoms in total. The number of anilines is 1. The molecule has 2 N–H and O–H groups in total. The van der Waals surface area contributed by atoms with Gasteiger partial charge in [0, 0.05) is 4.47 Å². The summed E-state index contributed by atoms with van der Waals surface area (Å²) in [5.41, 5.74) is 0.866. The van der Waals surface area contributed by atoms with Crippen molar-refractivity contribution in [2.75, 3.05) is 11.9 Å². The lowest BCUT2D eigenvalue weighted by atomic mass is 9.77. The molecule has 25 heavy (non-hydrogen) atoms. The Bertz CT molecular complexity index is 726. The van der Waals surface area contributed by atoms with E-state index in [4.69, 9.17) is 0 Å². The average Bonchev–Trinajstić information content (AvgIpc) is 2.78. The van der Waals surface area contributed by atoms with Crippen LogP contribution in [0.4, 0.5) is 10.5 Å². The Morgan fingerprint density at radius 3 is 2.68 bits per heavy atom. The van der Waals surface area contributed by atoms with Gasteiger partial charge in [-0.15, -0.1) is 0 Å². The van der Waals surface area contributed by atoms with E-state index in [9.17, 15) is 14.4 Å². The number of benzene rings is 1. The van der Waals surface area contributed by atoms with Crippen molar-refractivity contribution < 1.29 is 14.4 Å². The van der Waals surface area contributed by atoms with Crippen molar-refractivity contribution in [2.45, 2.75) is 45.1 Å². The number of amides is 4. The number of carbonyl (C=O) groups excluding carboxylic acids is 3. The summed E-state index contributed by atoms with van der Waals surface area (Å²) in [6.07, 6.45) is 3.09. The Morgan fingerprint density at radius 2 is 2.04 bits per heavy atom. The summed E-state index contributed by atoms with van der Waals surface area (Å²) in [4.78, 5) is 38.3. The molecule has 0 aromatic heterocycles. The van der Waals surface area contributed by atoms with Gasteiger partial charge in [0.2, 0.25) is 5.91 Å². The minimum Gasteiger partial charge on any atom is -0.323 e. The number of hydrogen-bond donors (Lipinski definition) is 2. The van der Waals surface area contributed by atoms with Crippen molar-refractivity contribution in [3.8, 4) is 0 Å². The number of urea groups is 1. The van der Waals surface area contributed by atoms with Crippen LogP contribution < -0.4 is 10.6 Å². The van der Waals surface area contributed by atoms with Crippen molar-refractivity contribution >= 4 is 39.5 Å². The van der Waals surface area contributed by atoms with Gasteiger partial charge in [-0.2, -0.15) is 0 Å². The van der Waals surface area contributed by atoms with Gasteiger partial charge in [0.1, 0.15) is 12.1 Å². The van der Waals surface area contributed by atoms with Crippen molar-refractivity contribution in [3.63, 3.8) is 0 Å². The maximum absolute atomic E-state index is 12.8. The monoisotopic (exact) mass is 407 g/mol. The van der Waals surface area contributed by atoms with E-state index < -0.39 is 17.5 Å². The quantitative estimate of drug-likeness (QED) is 0.755. The zero-order valence-electron chi connectivity index (χ0n) is 14.4. The smallest absolute Gasteiger partial charge is 0.323 e. The largest absolute Gasteiger partial charge is 0.325 e. The van der Waals surface area contributed by atoms with Gasteiger partial charge in [-0.1, -0.05) is 13.0 Å². The summed E-state index contributed by atoms with van der Waals surface area (Å²) in [7, 11) is 0. The van der Waals surface area contributed by atoms with Crippen LogP contribution in [-0.2, 0) is 9.59 Å². The van der Waals surface area contributed by atoms with Crippen LogP contribution in [0, 0.1) is 12.8 Å². The van der Waals surface area contributed by atoms with E-state index in [1.165, 1.54) is 0 Å². The Balaban J connectivity index is 1.67. The number of aryl methyl sites for hydroxylation is 1. The molecule has 1 spiro atoms. The number of halogens is 1. The SMILES string of the molecule is Cc1ccc(NC(=O)CN2C(=O)NC3(CCC(C)CC3)C2=O)c(Br)c1. The summed E-state index contributed by atoms with van der Waals surface area (Å²) >= 11 is 3.40. The molecule has 2 aliphatic rings. The number of imide groups is 1. The van der Waals surface area contributed by atoms with E-state index in [1.54, 1.807) is 6.07 Å². The summed E-state index contributed by atoms with van der Waals surface area (Å²) < 4.78 is 0.760. The molecule has 134 valence electrons. The van der Waals surface area contributed by atoms with Crippen LogP contribution in [0.3, 0.4) is 0 Å². The van der Waals surface area contributed by atoms with Gasteiger partial charge >= 0.3 is 6.03 Å². The minimum absolute atomic E-state index is 0.275. The van der Waals surface area contributed by atoms with Crippen LogP contribution in [0.15, 0.2) is 22.7 Å². The van der Waals surface area contributed by atoms with Crippen LogP contribution in [0.1, 0.15) is 38.2 Å². The fourth-order valence-corrected chi connectivity index (χ4v) is 4.06. The first-order valence-corrected chi connectivity index (χ1v) is 9.30. The van der Waals surface area contributed by atoms with Gasteiger partial charge in [-0.25, -0.2) is 4.79 Å². The molecule has 1 aromatic carbocycles. The van der Waals surface area contributed by atoms with E-state index in [2.05, 4.69) is 33.5 Å². The lowest BCUT2D eigenvalue weighted by Crippen LogP contribution is -2.49. The molecule has 0 unspecified atom stereocenters. The maximum atomic E-state index is 12.8. The second-order valence-corrected chi connectivity index (χ2v) is 7.97. The molecule has 1 aromatic rings. The Labute approximate surface area is 155 Å². The number of carbonyl (C=O) groups is 3. The van der Waals surface area contributed by atoms with E-state index in [-0.39, 0.29) is 12.5 Å². The summed E-state index contributed by atoms with van der Waals surface area (Å²) in [6.45, 7) is 3.83. The van der Waals surface area contributed by atoms with Crippen LogP contribution >= 0.6 is 15.9 Å². The number of hydrogen-bond acceptors (Lipinski definition) is 3. The second kappa shape index (κ2) is 6.78. The molecule has 1 heterocycles. The van der Waals surface area contributed by atoms with Gasteiger partial charge in [-0.3, -0.25) is 14.5 Å². The van der Waals surface area contributed by atoms with Gasteiger partial charge in [0.15, 0.2) is 0 Å². The Hall–Kier alpha value is -1.89.